The molecule has 0 aliphatic rings. The number of hydrogen-bond acceptors (Lipinski definition) is 4. The van der Waals surface area contributed by atoms with Crippen molar-refractivity contribution in [2.45, 2.75) is 32.6 Å². The number of anilines is 1. The first-order valence-electron chi connectivity index (χ1n) is 9.45. The molecule has 0 saturated carbocycles. The van der Waals surface area contributed by atoms with E-state index in [0.29, 0.717) is 5.69 Å². The molecule has 0 fully saturated rings. The topological polar surface area (TPSA) is 76.3 Å². The van der Waals surface area contributed by atoms with Gasteiger partial charge in [0.25, 0.3) is 15.8 Å². The van der Waals surface area contributed by atoms with Crippen LogP contribution in [0.3, 0.4) is 0 Å². The Kier molecular flexibility index (Phi) is 5.94. The van der Waals surface area contributed by atoms with Crippen LogP contribution in [0.1, 0.15) is 38.3 Å². The van der Waals surface area contributed by atoms with Gasteiger partial charge in [0, 0.05) is 16.4 Å². The predicted octanol–water partition coefficient (Wildman–Crippen LogP) is 3.30. The number of hydrogen-bond donors (Lipinski definition) is 1. The number of carbonyl (C=O) groups excluding carboxylic acids is 1. The van der Waals surface area contributed by atoms with Gasteiger partial charge in [0.15, 0.2) is 0 Å². The molecular weight excluding hydrogens is 400 g/mol. The molecule has 0 atom stereocenters. The zero-order valence-electron chi connectivity index (χ0n) is 17.7. The molecule has 3 aromatic rings. The Morgan fingerprint density at radius 3 is 2.20 bits per heavy atom. The fraction of sp³-hybridized carbons (Fsp3) is 0.217. The number of rotatable bonds is 6. The molecule has 1 aromatic heterocycles. The SMILES string of the molecule is CO[n+]1cccc(C)c1C(=O)c1cc(C)c(C)cc1NS(=O)(=O)c1ccc(C)cc1. The molecule has 0 saturated heterocycles. The van der Waals surface area contributed by atoms with Gasteiger partial charge in [-0.1, -0.05) is 17.7 Å². The van der Waals surface area contributed by atoms with Gasteiger partial charge in [-0.3, -0.25) is 14.4 Å². The summed E-state index contributed by atoms with van der Waals surface area (Å²) in [6.07, 6.45) is 1.64. The Hall–Kier alpha value is -3.19. The van der Waals surface area contributed by atoms with Gasteiger partial charge < -0.3 is 0 Å². The highest BCUT2D eigenvalue weighted by Crippen LogP contribution is 2.26. The summed E-state index contributed by atoms with van der Waals surface area (Å²) in [6.45, 7) is 7.44. The smallest absolute Gasteiger partial charge is 0.282 e. The molecule has 0 bridgehead atoms. The van der Waals surface area contributed by atoms with E-state index >= 15 is 0 Å². The largest absolute Gasteiger partial charge is 0.307 e. The third-order valence-corrected chi connectivity index (χ3v) is 6.41. The summed E-state index contributed by atoms with van der Waals surface area (Å²) in [7, 11) is -2.39. The van der Waals surface area contributed by atoms with Gasteiger partial charge in [-0.05, 0) is 69.2 Å². The number of benzene rings is 2. The lowest BCUT2D eigenvalue weighted by Crippen LogP contribution is -2.46. The van der Waals surface area contributed by atoms with Crippen LogP contribution in [0.15, 0.2) is 59.6 Å². The molecule has 0 spiro atoms. The number of aryl methyl sites for hydroxylation is 4. The molecule has 1 N–H and O–H groups in total. The van der Waals surface area contributed by atoms with Gasteiger partial charge in [-0.25, -0.2) is 8.42 Å². The molecule has 0 radical (unpaired) electrons. The third-order valence-electron chi connectivity index (χ3n) is 5.03. The second-order valence-corrected chi connectivity index (χ2v) is 8.96. The van der Waals surface area contributed by atoms with Crippen molar-refractivity contribution >= 4 is 21.5 Å². The average Bonchev–Trinajstić information content (AvgIpc) is 2.70. The summed E-state index contributed by atoms with van der Waals surface area (Å²) in [6, 6.07) is 13.5. The van der Waals surface area contributed by atoms with E-state index < -0.39 is 10.0 Å². The lowest BCUT2D eigenvalue weighted by molar-refractivity contribution is -0.886. The van der Waals surface area contributed by atoms with Crippen molar-refractivity contribution in [2.75, 3.05) is 11.8 Å². The number of aromatic nitrogens is 1. The number of ketones is 1. The summed E-state index contributed by atoms with van der Waals surface area (Å²) in [4.78, 5) is 18.9. The van der Waals surface area contributed by atoms with Crippen molar-refractivity contribution in [3.05, 3.63) is 88.2 Å². The summed E-state index contributed by atoms with van der Waals surface area (Å²) in [5.41, 5.74) is 4.25. The molecule has 6 nitrogen and oxygen atoms in total. The summed E-state index contributed by atoms with van der Waals surface area (Å²) in [5, 5.41) is 0. The third kappa shape index (κ3) is 4.21. The number of sulfonamides is 1. The van der Waals surface area contributed by atoms with E-state index in [2.05, 4.69) is 4.72 Å². The van der Waals surface area contributed by atoms with E-state index in [-0.39, 0.29) is 21.9 Å². The van der Waals surface area contributed by atoms with Crippen molar-refractivity contribution < 1.29 is 22.8 Å². The highest BCUT2D eigenvalue weighted by Gasteiger charge is 2.29. The fourth-order valence-corrected chi connectivity index (χ4v) is 4.23. The quantitative estimate of drug-likeness (QED) is 0.486. The van der Waals surface area contributed by atoms with E-state index in [9.17, 15) is 13.2 Å². The second-order valence-electron chi connectivity index (χ2n) is 7.28. The van der Waals surface area contributed by atoms with E-state index in [0.717, 1.165) is 22.3 Å². The Labute approximate surface area is 177 Å². The van der Waals surface area contributed by atoms with Gasteiger partial charge in [0.05, 0.1) is 16.1 Å². The number of nitrogens with zero attached hydrogens (tertiary/aromatic N) is 1. The molecule has 30 heavy (non-hydrogen) atoms. The minimum absolute atomic E-state index is 0.132. The molecule has 2 aromatic carbocycles. The van der Waals surface area contributed by atoms with E-state index in [4.69, 9.17) is 4.84 Å². The van der Waals surface area contributed by atoms with Gasteiger partial charge in [0.2, 0.25) is 6.20 Å². The second kappa shape index (κ2) is 8.28. The van der Waals surface area contributed by atoms with Crippen LogP contribution in [0.2, 0.25) is 0 Å². The van der Waals surface area contributed by atoms with Crippen molar-refractivity contribution in [1.82, 2.24) is 0 Å². The molecule has 0 aliphatic carbocycles. The average molecular weight is 426 g/mol. The van der Waals surface area contributed by atoms with Gasteiger partial charge in [0.1, 0.15) is 7.11 Å². The Balaban J connectivity index is 2.13. The number of carbonyl (C=O) groups is 1. The fourth-order valence-electron chi connectivity index (χ4n) is 3.16. The zero-order valence-corrected chi connectivity index (χ0v) is 18.5. The van der Waals surface area contributed by atoms with Crippen LogP contribution in [0.25, 0.3) is 0 Å². The molecule has 1 heterocycles. The van der Waals surface area contributed by atoms with E-state index in [1.807, 2.05) is 20.8 Å². The molecule has 156 valence electrons. The predicted molar refractivity (Wildman–Crippen MR) is 115 cm³/mol. The molecule has 0 aliphatic heterocycles. The van der Waals surface area contributed by atoms with Crippen molar-refractivity contribution in [3.63, 3.8) is 0 Å². The lowest BCUT2D eigenvalue weighted by Gasteiger charge is -2.14. The van der Waals surface area contributed by atoms with Crippen LogP contribution in [-0.2, 0) is 10.0 Å². The normalized spacial score (nSPS) is 11.2. The first-order valence-corrected chi connectivity index (χ1v) is 10.9. The van der Waals surface area contributed by atoms with Crippen molar-refractivity contribution in [3.8, 4) is 0 Å². The van der Waals surface area contributed by atoms with Crippen LogP contribution >= 0.6 is 0 Å². The van der Waals surface area contributed by atoms with Crippen LogP contribution in [-0.4, -0.2) is 21.3 Å². The Morgan fingerprint density at radius 1 is 0.933 bits per heavy atom. The van der Waals surface area contributed by atoms with Crippen molar-refractivity contribution in [2.24, 2.45) is 0 Å². The van der Waals surface area contributed by atoms with Crippen molar-refractivity contribution in [1.29, 1.82) is 0 Å². The molecule has 3 rings (SSSR count). The summed E-state index contributed by atoms with van der Waals surface area (Å²) in [5.74, 6) is -0.334. The van der Waals surface area contributed by atoms with Crippen LogP contribution in [0, 0.1) is 27.7 Å². The van der Waals surface area contributed by atoms with Crippen LogP contribution in [0.4, 0.5) is 5.69 Å². The molecule has 0 amide bonds. The van der Waals surface area contributed by atoms with Crippen LogP contribution in [0.5, 0.6) is 0 Å². The first-order chi connectivity index (χ1) is 14.1. The molecule has 7 heteroatoms. The summed E-state index contributed by atoms with van der Waals surface area (Å²) < 4.78 is 29.9. The van der Waals surface area contributed by atoms with Gasteiger partial charge in [-0.15, -0.1) is 0 Å². The maximum atomic E-state index is 13.5. The first kappa shape index (κ1) is 21.5. The maximum Gasteiger partial charge on any atom is 0.307 e. The van der Waals surface area contributed by atoms with Gasteiger partial charge in [-0.2, -0.15) is 0 Å². The maximum absolute atomic E-state index is 13.5. The Morgan fingerprint density at radius 2 is 1.57 bits per heavy atom. The minimum atomic E-state index is -3.86. The lowest BCUT2D eigenvalue weighted by atomic mass is 9.98. The highest BCUT2D eigenvalue weighted by molar-refractivity contribution is 7.92. The minimum Gasteiger partial charge on any atom is -0.282 e. The van der Waals surface area contributed by atoms with E-state index in [1.54, 1.807) is 61.7 Å². The monoisotopic (exact) mass is 425 g/mol. The van der Waals surface area contributed by atoms with Gasteiger partial charge >= 0.3 is 5.69 Å². The molecule has 0 unspecified atom stereocenters. The van der Waals surface area contributed by atoms with Crippen LogP contribution < -0.4 is 14.3 Å². The zero-order chi connectivity index (χ0) is 22.1. The van der Waals surface area contributed by atoms with E-state index in [1.165, 1.54) is 11.8 Å². The number of nitrogens with one attached hydrogen (secondary N) is 1. The standard InChI is InChI=1S/C23H24N2O4S/c1-15-8-10-19(11-9-15)30(27,28)24-21-14-18(4)17(3)13-20(21)23(26)22-16(2)7-6-12-25(22)29-5/h6-14H,1-5H3/p+1. The highest BCUT2D eigenvalue weighted by atomic mass is 32.2. The Bertz CT molecular complexity index is 1220. The number of pyridine rings is 1. The molecular formula is C23H25N2O4S+. The summed E-state index contributed by atoms with van der Waals surface area (Å²) >= 11 is 0.